The van der Waals surface area contributed by atoms with Gasteiger partial charge in [-0.1, -0.05) is 206 Å². The summed E-state index contributed by atoms with van der Waals surface area (Å²) in [7, 11) is 0. The molecule has 13 rings (SSSR count). The lowest BCUT2D eigenvalue weighted by Crippen LogP contribution is -2.11. The predicted octanol–water partition coefficient (Wildman–Crippen LogP) is 18.3. The van der Waals surface area contributed by atoms with Crippen LogP contribution in [0.3, 0.4) is 0 Å². The number of fused-ring (bicyclic) bond motifs is 9. The Morgan fingerprint density at radius 2 is 0.742 bits per heavy atom. The average Bonchev–Trinajstić information content (AvgIpc) is 3.78. The summed E-state index contributed by atoms with van der Waals surface area (Å²) in [5.41, 5.74) is 14.4. The van der Waals surface area contributed by atoms with Gasteiger partial charge in [-0.25, -0.2) is 0 Å². The first-order valence-electron chi connectivity index (χ1n) is 22.7. The highest BCUT2D eigenvalue weighted by Gasteiger charge is 2.20. The predicted molar refractivity (Wildman–Crippen MR) is 280 cm³/mol. The molecule has 2 heteroatoms. The molecule has 0 N–H and O–H groups in total. The molecule has 0 amide bonds. The Morgan fingerprint density at radius 1 is 0.258 bits per heavy atom. The third-order valence-electron chi connectivity index (χ3n) is 13.5. The van der Waals surface area contributed by atoms with E-state index >= 15 is 0 Å². The molecule has 1 aromatic heterocycles. The standard InChI is InChI=1S/C64H41NO/c1-3-17-50-42(13-1)35-39-58-52(21-10-24-56(50)58)44-29-31-45(32-30-44)54-19-5-7-26-61(54)65(48-37-33-46(34-38-48)55-23-12-28-63-64(55)60-20-6-8-27-62(60)66-63)49-16-9-15-47(41-49)53-22-11-25-57-51-18-4-2-14-43(51)36-40-59(53)57/h1-41H. The zero-order valence-electron chi connectivity index (χ0n) is 36.0. The maximum absolute atomic E-state index is 6.30. The molecule has 308 valence electrons. The SMILES string of the molecule is c1cc(-c2cccc3c2ccc2ccccc23)cc(N(c2ccc(-c3cccc4oc5ccccc5c34)cc2)c2ccccc2-c2ccc(-c3cccc4c3ccc3ccccc34)cc2)c1. The van der Waals surface area contributed by atoms with Gasteiger partial charge in [0.15, 0.2) is 0 Å². The van der Waals surface area contributed by atoms with Crippen LogP contribution in [0.5, 0.6) is 0 Å². The Morgan fingerprint density at radius 3 is 1.45 bits per heavy atom. The van der Waals surface area contributed by atoms with E-state index in [4.69, 9.17) is 4.42 Å². The van der Waals surface area contributed by atoms with E-state index in [1.54, 1.807) is 0 Å². The van der Waals surface area contributed by atoms with Gasteiger partial charge in [0.25, 0.3) is 0 Å². The van der Waals surface area contributed by atoms with E-state index < -0.39 is 0 Å². The Bertz CT molecular complexity index is 3990. The second-order valence-electron chi connectivity index (χ2n) is 17.2. The smallest absolute Gasteiger partial charge is 0.136 e. The maximum atomic E-state index is 6.30. The van der Waals surface area contributed by atoms with Crippen LogP contribution in [-0.2, 0) is 0 Å². The topological polar surface area (TPSA) is 16.4 Å². The molecule has 0 saturated heterocycles. The second-order valence-corrected chi connectivity index (χ2v) is 17.2. The minimum absolute atomic E-state index is 0.895. The van der Waals surface area contributed by atoms with Gasteiger partial charge in [-0.3, -0.25) is 0 Å². The fourth-order valence-electron chi connectivity index (χ4n) is 10.4. The van der Waals surface area contributed by atoms with Crippen molar-refractivity contribution in [1.29, 1.82) is 0 Å². The molecule has 0 aliphatic rings. The van der Waals surface area contributed by atoms with Gasteiger partial charge in [0.1, 0.15) is 11.2 Å². The number of nitrogens with zero attached hydrogens (tertiary/aromatic N) is 1. The Labute approximate surface area is 382 Å². The lowest BCUT2D eigenvalue weighted by atomic mass is 9.93. The summed E-state index contributed by atoms with van der Waals surface area (Å²) in [6.45, 7) is 0. The summed E-state index contributed by atoms with van der Waals surface area (Å²) in [5, 5.41) is 12.3. The highest BCUT2D eigenvalue weighted by atomic mass is 16.3. The molecule has 0 spiro atoms. The first-order valence-corrected chi connectivity index (χ1v) is 22.7. The maximum Gasteiger partial charge on any atom is 0.136 e. The number of anilines is 3. The summed E-state index contributed by atoms with van der Waals surface area (Å²) in [4.78, 5) is 2.42. The van der Waals surface area contributed by atoms with Crippen LogP contribution >= 0.6 is 0 Å². The second kappa shape index (κ2) is 15.5. The first kappa shape index (κ1) is 37.8. The lowest BCUT2D eigenvalue weighted by Gasteiger charge is -2.28. The van der Waals surface area contributed by atoms with Gasteiger partial charge in [0.2, 0.25) is 0 Å². The van der Waals surface area contributed by atoms with Crippen molar-refractivity contribution in [3.8, 4) is 44.5 Å². The van der Waals surface area contributed by atoms with Crippen LogP contribution < -0.4 is 4.90 Å². The van der Waals surface area contributed by atoms with Crippen LogP contribution in [0.25, 0.3) is 110 Å². The summed E-state index contributed by atoms with van der Waals surface area (Å²) in [6, 6.07) is 90.3. The van der Waals surface area contributed by atoms with E-state index in [0.29, 0.717) is 0 Å². The van der Waals surface area contributed by atoms with Gasteiger partial charge < -0.3 is 9.32 Å². The van der Waals surface area contributed by atoms with Crippen molar-refractivity contribution in [3.05, 3.63) is 249 Å². The Balaban J connectivity index is 0.950. The van der Waals surface area contributed by atoms with Gasteiger partial charge in [0, 0.05) is 27.7 Å². The fraction of sp³-hybridized carbons (Fsp3) is 0. The zero-order valence-corrected chi connectivity index (χ0v) is 36.0. The van der Waals surface area contributed by atoms with Crippen molar-refractivity contribution in [2.75, 3.05) is 4.90 Å². The molecule has 1 heterocycles. The first-order chi connectivity index (χ1) is 32.7. The molecule has 0 aliphatic carbocycles. The van der Waals surface area contributed by atoms with Crippen molar-refractivity contribution in [2.24, 2.45) is 0 Å². The molecular formula is C64H41NO. The molecular weight excluding hydrogens is 799 g/mol. The van der Waals surface area contributed by atoms with Crippen LogP contribution in [0.4, 0.5) is 17.1 Å². The lowest BCUT2D eigenvalue weighted by molar-refractivity contribution is 0.669. The molecule has 0 atom stereocenters. The largest absolute Gasteiger partial charge is 0.456 e. The summed E-state index contributed by atoms with van der Waals surface area (Å²) in [6.07, 6.45) is 0. The minimum Gasteiger partial charge on any atom is -0.456 e. The van der Waals surface area contributed by atoms with E-state index in [1.807, 2.05) is 12.1 Å². The molecule has 0 saturated carbocycles. The van der Waals surface area contributed by atoms with Gasteiger partial charge in [-0.05, 0) is 124 Å². The number of furan rings is 1. The number of rotatable bonds is 7. The third-order valence-corrected chi connectivity index (χ3v) is 13.5. The van der Waals surface area contributed by atoms with Crippen molar-refractivity contribution >= 4 is 82.1 Å². The van der Waals surface area contributed by atoms with Gasteiger partial charge in [-0.2, -0.15) is 0 Å². The molecule has 0 aliphatic heterocycles. The fourth-order valence-corrected chi connectivity index (χ4v) is 10.4. The van der Waals surface area contributed by atoms with Crippen molar-refractivity contribution in [2.45, 2.75) is 0 Å². The molecule has 13 aromatic rings. The van der Waals surface area contributed by atoms with Crippen molar-refractivity contribution < 1.29 is 4.42 Å². The Hall–Kier alpha value is -8.72. The van der Waals surface area contributed by atoms with Crippen LogP contribution in [-0.4, -0.2) is 0 Å². The Kier molecular flexibility index (Phi) is 8.89. The number of hydrogen-bond donors (Lipinski definition) is 0. The van der Waals surface area contributed by atoms with Crippen LogP contribution in [0.2, 0.25) is 0 Å². The highest BCUT2D eigenvalue weighted by molar-refractivity contribution is 6.14. The molecule has 0 fully saturated rings. The average molecular weight is 840 g/mol. The van der Waals surface area contributed by atoms with E-state index in [2.05, 4.69) is 241 Å². The van der Waals surface area contributed by atoms with E-state index in [-0.39, 0.29) is 0 Å². The van der Waals surface area contributed by atoms with Crippen LogP contribution in [0.1, 0.15) is 0 Å². The summed E-state index contributed by atoms with van der Waals surface area (Å²) < 4.78 is 6.30. The van der Waals surface area contributed by atoms with Gasteiger partial charge in [0.05, 0.1) is 5.69 Å². The van der Waals surface area contributed by atoms with Crippen molar-refractivity contribution in [1.82, 2.24) is 0 Å². The quantitative estimate of drug-likeness (QED) is 0.149. The van der Waals surface area contributed by atoms with E-state index in [9.17, 15) is 0 Å². The number of benzene rings is 12. The highest BCUT2D eigenvalue weighted by Crippen LogP contribution is 2.45. The van der Waals surface area contributed by atoms with Gasteiger partial charge in [-0.15, -0.1) is 0 Å². The molecule has 66 heavy (non-hydrogen) atoms. The monoisotopic (exact) mass is 839 g/mol. The van der Waals surface area contributed by atoms with Gasteiger partial charge >= 0.3 is 0 Å². The van der Waals surface area contributed by atoms with Crippen molar-refractivity contribution in [3.63, 3.8) is 0 Å². The van der Waals surface area contributed by atoms with Crippen LogP contribution in [0.15, 0.2) is 253 Å². The molecule has 2 nitrogen and oxygen atoms in total. The normalized spacial score (nSPS) is 11.6. The number of para-hydroxylation sites is 2. The molecule has 0 bridgehead atoms. The minimum atomic E-state index is 0.895. The summed E-state index contributed by atoms with van der Waals surface area (Å²) in [5.74, 6) is 0. The molecule has 0 unspecified atom stereocenters. The molecule has 12 aromatic carbocycles. The number of hydrogen-bond acceptors (Lipinski definition) is 2. The van der Waals surface area contributed by atoms with Crippen LogP contribution in [0, 0.1) is 0 Å². The van der Waals surface area contributed by atoms with E-state index in [0.717, 1.165) is 61.3 Å². The molecule has 0 radical (unpaired) electrons. The summed E-state index contributed by atoms with van der Waals surface area (Å²) >= 11 is 0. The third kappa shape index (κ3) is 6.26. The van der Waals surface area contributed by atoms with E-state index in [1.165, 1.54) is 65.3 Å². The zero-order chi connectivity index (χ0) is 43.6.